The summed E-state index contributed by atoms with van der Waals surface area (Å²) in [6.45, 7) is 4.94. The molecule has 0 amide bonds. The van der Waals surface area contributed by atoms with Gasteiger partial charge < -0.3 is 9.47 Å². The van der Waals surface area contributed by atoms with Gasteiger partial charge in [0.15, 0.2) is 0 Å². The molecule has 0 heterocycles. The van der Waals surface area contributed by atoms with Gasteiger partial charge in [0.05, 0.1) is 19.4 Å². The average molecular weight is 367 g/mol. The number of ether oxygens (including phenoxy) is 2. The van der Waals surface area contributed by atoms with Gasteiger partial charge in [0.1, 0.15) is 6.61 Å². The minimum absolute atomic E-state index is 0.0786. The van der Waals surface area contributed by atoms with Gasteiger partial charge in [-0.15, -0.1) is 0 Å². The summed E-state index contributed by atoms with van der Waals surface area (Å²) >= 11 is 0. The molecule has 0 spiro atoms. The van der Waals surface area contributed by atoms with Crippen LogP contribution in [-0.2, 0) is 19.1 Å². The maximum Gasteiger partial charge on any atom is 0.306 e. The van der Waals surface area contributed by atoms with E-state index in [0.29, 0.717) is 13.0 Å². The Labute approximate surface area is 160 Å². The van der Waals surface area contributed by atoms with Crippen LogP contribution in [0.5, 0.6) is 0 Å². The Morgan fingerprint density at radius 1 is 0.692 bits per heavy atom. The Bertz CT molecular complexity index is 399. The predicted octanol–water partition coefficient (Wildman–Crippen LogP) is 5.91. The van der Waals surface area contributed by atoms with Crippen molar-refractivity contribution < 1.29 is 19.1 Å². The van der Waals surface area contributed by atoms with Crippen molar-refractivity contribution in [1.82, 2.24) is 0 Å². The molecule has 0 aliphatic heterocycles. The van der Waals surface area contributed by atoms with Crippen LogP contribution in [-0.4, -0.2) is 25.2 Å². The van der Waals surface area contributed by atoms with Crippen LogP contribution in [0.15, 0.2) is 24.3 Å². The highest BCUT2D eigenvalue weighted by Gasteiger charge is 2.08. The monoisotopic (exact) mass is 366 g/mol. The highest BCUT2D eigenvalue weighted by Crippen LogP contribution is 2.08. The summed E-state index contributed by atoms with van der Waals surface area (Å²) in [4.78, 5) is 23.0. The number of hydrogen-bond donors (Lipinski definition) is 0. The zero-order valence-electron chi connectivity index (χ0n) is 16.8. The van der Waals surface area contributed by atoms with E-state index >= 15 is 0 Å². The van der Waals surface area contributed by atoms with Crippen LogP contribution in [0.4, 0.5) is 0 Å². The molecule has 0 aromatic carbocycles. The maximum atomic E-state index is 11.5. The number of esters is 2. The van der Waals surface area contributed by atoms with Crippen molar-refractivity contribution >= 4 is 11.9 Å². The Morgan fingerprint density at radius 3 is 2.00 bits per heavy atom. The van der Waals surface area contributed by atoms with Gasteiger partial charge >= 0.3 is 11.9 Å². The molecule has 0 saturated heterocycles. The summed E-state index contributed by atoms with van der Waals surface area (Å²) in [5, 5.41) is 0. The molecule has 0 N–H and O–H groups in total. The summed E-state index contributed by atoms with van der Waals surface area (Å²) in [5.41, 5.74) is 0. The molecular weight excluding hydrogens is 328 g/mol. The van der Waals surface area contributed by atoms with Crippen molar-refractivity contribution in [2.24, 2.45) is 0 Å². The third-order valence-corrected chi connectivity index (χ3v) is 3.96. The number of rotatable bonds is 17. The summed E-state index contributed by atoms with van der Waals surface area (Å²) < 4.78 is 10.1. The predicted molar refractivity (Wildman–Crippen MR) is 107 cm³/mol. The molecule has 0 saturated carbocycles. The van der Waals surface area contributed by atoms with Gasteiger partial charge in [0.2, 0.25) is 0 Å². The molecule has 4 heteroatoms. The molecule has 4 nitrogen and oxygen atoms in total. The Morgan fingerprint density at radius 2 is 1.31 bits per heavy atom. The van der Waals surface area contributed by atoms with Gasteiger partial charge in [-0.1, -0.05) is 76.7 Å². The minimum Gasteiger partial charge on any atom is -0.465 e. The summed E-state index contributed by atoms with van der Waals surface area (Å²) in [6.07, 6.45) is 20.0. The quantitative estimate of drug-likeness (QED) is 0.182. The van der Waals surface area contributed by atoms with E-state index < -0.39 is 0 Å². The summed E-state index contributed by atoms with van der Waals surface area (Å²) in [6, 6.07) is 0. The van der Waals surface area contributed by atoms with Crippen molar-refractivity contribution in [3.8, 4) is 0 Å². The molecule has 0 aliphatic carbocycles. The van der Waals surface area contributed by atoms with E-state index in [2.05, 4.69) is 19.9 Å². The van der Waals surface area contributed by atoms with Gasteiger partial charge in [-0.2, -0.15) is 0 Å². The number of hydrogen-bond acceptors (Lipinski definition) is 4. The van der Waals surface area contributed by atoms with Gasteiger partial charge in [0.25, 0.3) is 0 Å². The SMILES string of the molecule is CC/C=C/CCOC(=O)CCC(=O)OC/C=C/CCCCCCCCC. The van der Waals surface area contributed by atoms with Crippen molar-refractivity contribution in [1.29, 1.82) is 0 Å². The molecule has 0 aromatic rings. The lowest BCUT2D eigenvalue weighted by Gasteiger charge is -2.03. The molecular formula is C22H38O4. The Kier molecular flexibility index (Phi) is 18.5. The Hall–Kier alpha value is -1.58. The standard InChI is InChI=1S/C22H38O4/c1-3-5-7-9-10-11-12-13-14-16-20-26-22(24)18-17-21(23)25-19-15-8-6-4-2/h6,8,14,16H,3-5,7,9-13,15,17-20H2,1-2H3/b8-6+,16-14+. The zero-order chi connectivity index (χ0) is 19.3. The van der Waals surface area contributed by atoms with Gasteiger partial charge in [0, 0.05) is 0 Å². The number of carbonyl (C=O) groups excluding carboxylic acids is 2. The number of unbranched alkanes of at least 4 members (excludes halogenated alkanes) is 7. The number of carbonyl (C=O) groups is 2. The molecule has 26 heavy (non-hydrogen) atoms. The Balaban J connectivity index is 3.44. The largest absolute Gasteiger partial charge is 0.465 e. The van der Waals surface area contributed by atoms with Crippen molar-refractivity contribution in [2.45, 2.75) is 90.9 Å². The lowest BCUT2D eigenvalue weighted by atomic mass is 10.1. The second-order valence-corrected chi connectivity index (χ2v) is 6.45. The first kappa shape index (κ1) is 24.4. The molecule has 0 fully saturated rings. The van der Waals surface area contributed by atoms with Crippen molar-refractivity contribution in [2.75, 3.05) is 13.2 Å². The van der Waals surface area contributed by atoms with Gasteiger partial charge in [-0.25, -0.2) is 0 Å². The van der Waals surface area contributed by atoms with E-state index in [9.17, 15) is 9.59 Å². The smallest absolute Gasteiger partial charge is 0.306 e. The topological polar surface area (TPSA) is 52.6 Å². The van der Waals surface area contributed by atoms with E-state index in [1.165, 1.54) is 44.9 Å². The summed E-state index contributed by atoms with van der Waals surface area (Å²) in [5.74, 6) is -0.699. The van der Waals surface area contributed by atoms with Crippen LogP contribution in [0.3, 0.4) is 0 Å². The maximum absolute atomic E-state index is 11.5. The fourth-order valence-electron chi connectivity index (χ4n) is 2.42. The molecule has 0 atom stereocenters. The molecule has 0 bridgehead atoms. The summed E-state index contributed by atoms with van der Waals surface area (Å²) in [7, 11) is 0. The van der Waals surface area contributed by atoms with Crippen LogP contribution >= 0.6 is 0 Å². The highest BCUT2D eigenvalue weighted by atomic mass is 16.5. The zero-order valence-corrected chi connectivity index (χ0v) is 16.8. The van der Waals surface area contributed by atoms with E-state index in [1.54, 1.807) is 0 Å². The normalized spacial score (nSPS) is 11.3. The van der Waals surface area contributed by atoms with Gasteiger partial charge in [-0.3, -0.25) is 9.59 Å². The molecule has 0 radical (unpaired) electrons. The minimum atomic E-state index is -0.353. The van der Waals surface area contributed by atoms with Crippen LogP contribution in [0.25, 0.3) is 0 Å². The van der Waals surface area contributed by atoms with Gasteiger partial charge in [-0.05, 0) is 25.7 Å². The highest BCUT2D eigenvalue weighted by molar-refractivity contribution is 5.77. The second-order valence-electron chi connectivity index (χ2n) is 6.45. The van der Waals surface area contributed by atoms with E-state index in [-0.39, 0.29) is 31.4 Å². The molecule has 0 unspecified atom stereocenters. The molecule has 0 aromatic heterocycles. The van der Waals surface area contributed by atoms with Crippen LogP contribution < -0.4 is 0 Å². The van der Waals surface area contributed by atoms with Crippen LogP contribution in [0.2, 0.25) is 0 Å². The third kappa shape index (κ3) is 18.8. The first-order valence-electron chi connectivity index (χ1n) is 10.3. The average Bonchev–Trinajstić information content (AvgIpc) is 2.64. The van der Waals surface area contributed by atoms with Crippen LogP contribution in [0, 0.1) is 0 Å². The fourth-order valence-corrected chi connectivity index (χ4v) is 2.42. The second kappa shape index (κ2) is 19.7. The number of allylic oxidation sites excluding steroid dienone is 2. The third-order valence-electron chi connectivity index (χ3n) is 3.96. The first-order valence-corrected chi connectivity index (χ1v) is 10.3. The molecule has 0 rings (SSSR count). The lowest BCUT2D eigenvalue weighted by molar-refractivity contribution is -0.149. The fraction of sp³-hybridized carbons (Fsp3) is 0.727. The van der Waals surface area contributed by atoms with E-state index in [1.807, 2.05) is 18.2 Å². The van der Waals surface area contributed by atoms with Crippen LogP contribution in [0.1, 0.15) is 90.9 Å². The van der Waals surface area contributed by atoms with Crippen molar-refractivity contribution in [3.63, 3.8) is 0 Å². The first-order chi connectivity index (χ1) is 12.7. The van der Waals surface area contributed by atoms with E-state index in [4.69, 9.17) is 9.47 Å². The lowest BCUT2D eigenvalue weighted by Crippen LogP contribution is -2.10. The van der Waals surface area contributed by atoms with Crippen molar-refractivity contribution in [3.05, 3.63) is 24.3 Å². The molecule has 150 valence electrons. The molecule has 0 aliphatic rings. The van der Waals surface area contributed by atoms with E-state index in [0.717, 1.165) is 12.8 Å².